The zero-order valence-electron chi connectivity index (χ0n) is 21.1. The summed E-state index contributed by atoms with van der Waals surface area (Å²) in [4.78, 5) is 37.8. The summed E-state index contributed by atoms with van der Waals surface area (Å²) in [5.74, 6) is 2.03. The van der Waals surface area contributed by atoms with Crippen LogP contribution in [0.1, 0.15) is 30.0 Å². The van der Waals surface area contributed by atoms with Gasteiger partial charge < -0.3 is 23.9 Å². The Kier molecular flexibility index (Phi) is 8.44. The van der Waals surface area contributed by atoms with Gasteiger partial charge in [0.2, 0.25) is 23.4 Å². The van der Waals surface area contributed by atoms with E-state index >= 15 is 0 Å². The highest BCUT2D eigenvalue weighted by Crippen LogP contribution is 2.22. The Morgan fingerprint density at radius 2 is 1.69 bits per heavy atom. The van der Waals surface area contributed by atoms with E-state index in [1.165, 1.54) is 0 Å². The van der Waals surface area contributed by atoms with Gasteiger partial charge in [-0.05, 0) is 30.5 Å². The van der Waals surface area contributed by atoms with Gasteiger partial charge >= 0.3 is 0 Å². The standard InChI is InChI=1S/C26H34N6O4/c1-20-28-23(18-27)26(36-20)32-16-14-31(15-17-32)25(34)19-29-10-3-11-30(13-12-29)24(33)9-6-21-4-7-22(35-2)8-5-21/h4-5,7-8H,3,6,9-17,19H2,1-2H3. The van der Waals surface area contributed by atoms with E-state index in [2.05, 4.69) is 16.0 Å². The Morgan fingerprint density at radius 1 is 1.00 bits per heavy atom. The number of nitrogens with zero attached hydrogens (tertiary/aromatic N) is 6. The maximum absolute atomic E-state index is 13.0. The topological polar surface area (TPSA) is 106 Å². The van der Waals surface area contributed by atoms with Crippen molar-refractivity contribution in [3.05, 3.63) is 41.4 Å². The SMILES string of the molecule is COc1ccc(CCC(=O)N2CCCN(CC(=O)N3CCN(c4oc(C)nc4C#N)CC3)CC2)cc1. The minimum Gasteiger partial charge on any atom is -0.497 e. The molecule has 3 heterocycles. The van der Waals surface area contributed by atoms with E-state index in [9.17, 15) is 14.9 Å². The Hall–Kier alpha value is -3.58. The van der Waals surface area contributed by atoms with Crippen LogP contribution in [0.2, 0.25) is 0 Å². The van der Waals surface area contributed by atoms with Crippen LogP contribution in [0.3, 0.4) is 0 Å². The molecule has 0 spiro atoms. The number of ether oxygens (including phenoxy) is 1. The number of aryl methyl sites for hydroxylation is 2. The van der Waals surface area contributed by atoms with Crippen molar-refractivity contribution in [2.75, 3.05) is 70.9 Å². The zero-order valence-corrected chi connectivity index (χ0v) is 21.1. The van der Waals surface area contributed by atoms with Crippen LogP contribution in [0.5, 0.6) is 5.75 Å². The van der Waals surface area contributed by atoms with Crippen LogP contribution in [-0.2, 0) is 16.0 Å². The predicted octanol–water partition coefficient (Wildman–Crippen LogP) is 1.68. The normalized spacial score (nSPS) is 17.0. The number of anilines is 1. The first-order valence-corrected chi connectivity index (χ1v) is 12.5. The van der Waals surface area contributed by atoms with Crippen molar-refractivity contribution in [3.8, 4) is 11.8 Å². The second kappa shape index (κ2) is 11.9. The molecule has 2 aliphatic rings. The molecule has 10 heteroatoms. The lowest BCUT2D eigenvalue weighted by molar-refractivity contribution is -0.132. The van der Waals surface area contributed by atoms with Crippen molar-refractivity contribution < 1.29 is 18.7 Å². The van der Waals surface area contributed by atoms with Crippen LogP contribution in [0.4, 0.5) is 5.88 Å². The summed E-state index contributed by atoms with van der Waals surface area (Å²) < 4.78 is 10.8. The largest absolute Gasteiger partial charge is 0.497 e. The lowest BCUT2D eigenvalue weighted by Gasteiger charge is -2.35. The summed E-state index contributed by atoms with van der Waals surface area (Å²) in [7, 11) is 1.64. The quantitative estimate of drug-likeness (QED) is 0.572. The average molecular weight is 495 g/mol. The van der Waals surface area contributed by atoms with Gasteiger partial charge in [-0.25, -0.2) is 4.98 Å². The van der Waals surface area contributed by atoms with Crippen LogP contribution in [0, 0.1) is 18.3 Å². The molecule has 192 valence electrons. The molecule has 4 rings (SSSR count). The first-order valence-electron chi connectivity index (χ1n) is 12.5. The molecular weight excluding hydrogens is 460 g/mol. The van der Waals surface area contributed by atoms with E-state index in [1.54, 1.807) is 14.0 Å². The highest BCUT2D eigenvalue weighted by molar-refractivity contribution is 5.79. The number of nitriles is 1. The first kappa shape index (κ1) is 25.5. The van der Waals surface area contributed by atoms with Gasteiger partial charge in [-0.1, -0.05) is 12.1 Å². The van der Waals surface area contributed by atoms with E-state index in [1.807, 2.05) is 39.0 Å². The summed E-state index contributed by atoms with van der Waals surface area (Å²) in [5, 5.41) is 9.26. The van der Waals surface area contributed by atoms with E-state index in [0.29, 0.717) is 76.1 Å². The van der Waals surface area contributed by atoms with Crippen LogP contribution >= 0.6 is 0 Å². The molecule has 0 radical (unpaired) electrons. The fourth-order valence-corrected chi connectivity index (χ4v) is 4.73. The fraction of sp³-hybridized carbons (Fsp3) is 0.538. The number of hydrogen-bond donors (Lipinski definition) is 0. The number of hydrogen-bond acceptors (Lipinski definition) is 8. The van der Waals surface area contributed by atoms with Crippen molar-refractivity contribution in [3.63, 3.8) is 0 Å². The number of rotatable bonds is 7. The molecule has 2 fully saturated rings. The van der Waals surface area contributed by atoms with E-state index in [-0.39, 0.29) is 11.8 Å². The van der Waals surface area contributed by atoms with Gasteiger partial charge in [0.15, 0.2) is 5.89 Å². The van der Waals surface area contributed by atoms with Gasteiger partial charge in [0, 0.05) is 65.7 Å². The fourth-order valence-electron chi connectivity index (χ4n) is 4.73. The Morgan fingerprint density at radius 3 is 2.39 bits per heavy atom. The molecule has 2 saturated heterocycles. The van der Waals surface area contributed by atoms with Crippen molar-refractivity contribution >= 4 is 17.7 Å². The monoisotopic (exact) mass is 494 g/mol. The Bertz CT molecular complexity index is 1080. The molecule has 1 aromatic heterocycles. The first-order chi connectivity index (χ1) is 17.5. The van der Waals surface area contributed by atoms with E-state index < -0.39 is 0 Å². The number of piperazine rings is 1. The molecule has 0 N–H and O–H groups in total. The van der Waals surface area contributed by atoms with Crippen LogP contribution in [0.15, 0.2) is 28.7 Å². The third-order valence-corrected chi connectivity index (χ3v) is 6.83. The minimum atomic E-state index is 0.100. The van der Waals surface area contributed by atoms with Crippen molar-refractivity contribution in [1.82, 2.24) is 19.7 Å². The molecule has 0 bridgehead atoms. The molecule has 36 heavy (non-hydrogen) atoms. The molecular formula is C26H34N6O4. The van der Waals surface area contributed by atoms with Crippen molar-refractivity contribution in [2.24, 2.45) is 0 Å². The second-order valence-corrected chi connectivity index (χ2v) is 9.22. The Labute approximate surface area is 212 Å². The van der Waals surface area contributed by atoms with Gasteiger partial charge in [-0.2, -0.15) is 5.26 Å². The minimum absolute atomic E-state index is 0.100. The number of aromatic nitrogens is 1. The number of benzene rings is 1. The number of methoxy groups -OCH3 is 1. The highest BCUT2D eigenvalue weighted by Gasteiger charge is 2.27. The van der Waals surface area contributed by atoms with Crippen LogP contribution in [0.25, 0.3) is 0 Å². The van der Waals surface area contributed by atoms with Crippen molar-refractivity contribution in [1.29, 1.82) is 5.26 Å². The van der Waals surface area contributed by atoms with Crippen molar-refractivity contribution in [2.45, 2.75) is 26.2 Å². The van der Waals surface area contributed by atoms with Gasteiger partial charge in [0.1, 0.15) is 11.8 Å². The number of carbonyl (C=O) groups excluding carboxylic acids is 2. The molecule has 0 aliphatic carbocycles. The average Bonchev–Trinajstić information content (AvgIpc) is 3.13. The van der Waals surface area contributed by atoms with Gasteiger partial charge in [0.25, 0.3) is 0 Å². The number of amides is 2. The summed E-state index contributed by atoms with van der Waals surface area (Å²) in [6.07, 6.45) is 2.04. The third-order valence-electron chi connectivity index (χ3n) is 6.83. The van der Waals surface area contributed by atoms with E-state index in [4.69, 9.17) is 9.15 Å². The summed E-state index contributed by atoms with van der Waals surface area (Å²) in [6.45, 7) is 7.31. The maximum atomic E-state index is 13.0. The molecule has 2 aliphatic heterocycles. The molecule has 0 unspecified atom stereocenters. The summed E-state index contributed by atoms with van der Waals surface area (Å²) in [5.41, 5.74) is 1.41. The summed E-state index contributed by atoms with van der Waals surface area (Å²) in [6, 6.07) is 9.90. The number of carbonyl (C=O) groups is 2. The zero-order chi connectivity index (χ0) is 25.5. The molecule has 1 aromatic carbocycles. The van der Waals surface area contributed by atoms with Gasteiger partial charge in [-0.15, -0.1) is 0 Å². The number of oxazole rings is 1. The third kappa shape index (κ3) is 6.34. The molecule has 10 nitrogen and oxygen atoms in total. The Balaban J connectivity index is 1.20. The van der Waals surface area contributed by atoms with Crippen LogP contribution in [-0.4, -0.2) is 97.5 Å². The molecule has 0 atom stereocenters. The molecule has 2 amide bonds. The van der Waals surface area contributed by atoms with Crippen LogP contribution < -0.4 is 9.64 Å². The van der Waals surface area contributed by atoms with E-state index in [0.717, 1.165) is 30.8 Å². The maximum Gasteiger partial charge on any atom is 0.236 e. The van der Waals surface area contributed by atoms with Gasteiger partial charge in [0.05, 0.1) is 13.7 Å². The predicted molar refractivity (Wildman–Crippen MR) is 134 cm³/mol. The summed E-state index contributed by atoms with van der Waals surface area (Å²) >= 11 is 0. The molecule has 0 saturated carbocycles. The molecule has 2 aromatic rings. The lowest BCUT2D eigenvalue weighted by atomic mass is 10.1. The highest BCUT2D eigenvalue weighted by atomic mass is 16.5. The smallest absolute Gasteiger partial charge is 0.236 e. The lowest BCUT2D eigenvalue weighted by Crippen LogP contribution is -2.51. The second-order valence-electron chi connectivity index (χ2n) is 9.22. The van der Waals surface area contributed by atoms with Gasteiger partial charge in [-0.3, -0.25) is 14.5 Å².